The van der Waals surface area contributed by atoms with E-state index in [4.69, 9.17) is 9.15 Å². The Morgan fingerprint density at radius 3 is 2.89 bits per heavy atom. The van der Waals surface area contributed by atoms with E-state index in [1.807, 2.05) is 35.2 Å². The van der Waals surface area contributed by atoms with Crippen molar-refractivity contribution >= 4 is 22.7 Å². The number of rotatable bonds is 2. The van der Waals surface area contributed by atoms with Gasteiger partial charge in [-0.3, -0.25) is 0 Å². The molecule has 0 radical (unpaired) electrons. The molecule has 27 heavy (non-hydrogen) atoms. The molecule has 2 amide bonds. The number of nitrogens with one attached hydrogen (secondary N) is 1. The molecule has 2 aliphatic rings. The standard InChI is InChI=1S/C22H22N2O3/c25-22(23-17-7-6-16-8-11-27-21(16)12-17)24-13-18(15-4-2-1-3-5-15)19-14-26-10-9-20(19)24/h1-8,11-12,18-20H,9-10,13-14H2,(H,23,25). The van der Waals surface area contributed by atoms with Crippen LogP contribution in [0.4, 0.5) is 10.5 Å². The first-order valence-corrected chi connectivity index (χ1v) is 9.47. The number of hydrogen-bond donors (Lipinski definition) is 1. The molecular formula is C22H22N2O3. The zero-order valence-electron chi connectivity index (χ0n) is 15.0. The van der Waals surface area contributed by atoms with E-state index in [-0.39, 0.29) is 12.1 Å². The summed E-state index contributed by atoms with van der Waals surface area (Å²) in [6.07, 6.45) is 2.55. The molecule has 138 valence electrons. The van der Waals surface area contributed by atoms with Crippen molar-refractivity contribution in [1.82, 2.24) is 4.90 Å². The van der Waals surface area contributed by atoms with Gasteiger partial charge in [0.2, 0.25) is 0 Å². The number of nitrogens with zero attached hydrogens (tertiary/aromatic N) is 1. The quantitative estimate of drug-likeness (QED) is 0.732. The van der Waals surface area contributed by atoms with Gasteiger partial charge in [0.1, 0.15) is 5.58 Å². The Balaban J connectivity index is 1.38. The molecule has 0 spiro atoms. The van der Waals surface area contributed by atoms with Crippen molar-refractivity contribution < 1.29 is 13.9 Å². The van der Waals surface area contributed by atoms with Crippen LogP contribution in [0.15, 0.2) is 65.3 Å². The summed E-state index contributed by atoms with van der Waals surface area (Å²) in [5, 5.41) is 4.09. The number of likely N-dealkylation sites (tertiary alicyclic amines) is 1. The number of carbonyl (C=O) groups excluding carboxylic acids is 1. The summed E-state index contributed by atoms with van der Waals surface area (Å²) in [5.41, 5.74) is 2.82. The first-order chi connectivity index (χ1) is 13.3. The van der Waals surface area contributed by atoms with Crippen LogP contribution in [0.3, 0.4) is 0 Å². The summed E-state index contributed by atoms with van der Waals surface area (Å²) in [6, 6.07) is 18.3. The minimum absolute atomic E-state index is 0.0452. The third kappa shape index (κ3) is 2.98. The Bertz CT molecular complexity index is 952. The average molecular weight is 362 g/mol. The topological polar surface area (TPSA) is 54.7 Å². The minimum Gasteiger partial charge on any atom is -0.464 e. The Kier molecular flexibility index (Phi) is 4.09. The molecule has 2 aromatic carbocycles. The summed E-state index contributed by atoms with van der Waals surface area (Å²) in [5.74, 6) is 0.661. The molecule has 5 heteroatoms. The van der Waals surface area contributed by atoms with Crippen molar-refractivity contribution in [2.45, 2.75) is 18.4 Å². The van der Waals surface area contributed by atoms with E-state index < -0.39 is 0 Å². The Labute approximate surface area is 157 Å². The van der Waals surface area contributed by atoms with Gasteiger partial charge >= 0.3 is 6.03 Å². The summed E-state index contributed by atoms with van der Waals surface area (Å²) in [6.45, 7) is 2.15. The van der Waals surface area contributed by atoms with E-state index in [1.165, 1.54) is 5.56 Å². The summed E-state index contributed by atoms with van der Waals surface area (Å²) in [4.78, 5) is 15.1. The van der Waals surface area contributed by atoms with Gasteiger partial charge in [0.05, 0.1) is 12.9 Å². The monoisotopic (exact) mass is 362 g/mol. The maximum Gasteiger partial charge on any atom is 0.322 e. The molecule has 2 aliphatic heterocycles. The number of fused-ring (bicyclic) bond motifs is 2. The molecule has 5 rings (SSSR count). The van der Waals surface area contributed by atoms with Gasteiger partial charge < -0.3 is 19.4 Å². The fourth-order valence-electron chi connectivity index (χ4n) is 4.52. The molecule has 0 bridgehead atoms. The number of benzene rings is 2. The predicted octanol–water partition coefficient (Wildman–Crippen LogP) is 4.47. The molecular weight excluding hydrogens is 340 g/mol. The maximum absolute atomic E-state index is 13.1. The van der Waals surface area contributed by atoms with Crippen molar-refractivity contribution in [2.75, 3.05) is 25.1 Å². The lowest BCUT2D eigenvalue weighted by Crippen LogP contribution is -2.43. The van der Waals surface area contributed by atoms with Crippen LogP contribution in [0.25, 0.3) is 11.0 Å². The van der Waals surface area contributed by atoms with Crippen LogP contribution in [-0.2, 0) is 4.74 Å². The van der Waals surface area contributed by atoms with E-state index in [0.29, 0.717) is 25.0 Å². The van der Waals surface area contributed by atoms with Gasteiger partial charge in [-0.15, -0.1) is 0 Å². The normalized spacial score (nSPS) is 24.7. The third-order valence-electron chi connectivity index (χ3n) is 5.87. The van der Waals surface area contributed by atoms with Gasteiger partial charge in [-0.05, 0) is 30.2 Å². The molecule has 3 aromatic rings. The largest absolute Gasteiger partial charge is 0.464 e. The van der Waals surface area contributed by atoms with Gasteiger partial charge in [-0.1, -0.05) is 30.3 Å². The molecule has 3 heterocycles. The second kappa shape index (κ2) is 6.74. The second-order valence-electron chi connectivity index (χ2n) is 7.37. The minimum atomic E-state index is -0.0452. The van der Waals surface area contributed by atoms with Gasteiger partial charge in [-0.2, -0.15) is 0 Å². The highest BCUT2D eigenvalue weighted by Gasteiger charge is 2.45. The van der Waals surface area contributed by atoms with Crippen molar-refractivity contribution in [1.29, 1.82) is 0 Å². The molecule has 0 aliphatic carbocycles. The van der Waals surface area contributed by atoms with Crippen LogP contribution in [0, 0.1) is 5.92 Å². The van der Waals surface area contributed by atoms with Crippen molar-refractivity contribution in [2.24, 2.45) is 5.92 Å². The van der Waals surface area contributed by atoms with E-state index in [2.05, 4.69) is 29.6 Å². The first-order valence-electron chi connectivity index (χ1n) is 9.47. The molecule has 2 fully saturated rings. The highest BCUT2D eigenvalue weighted by Crippen LogP contribution is 2.41. The van der Waals surface area contributed by atoms with Gasteiger partial charge in [0, 0.05) is 48.2 Å². The lowest BCUT2D eigenvalue weighted by molar-refractivity contribution is 0.0272. The van der Waals surface area contributed by atoms with Crippen LogP contribution >= 0.6 is 0 Å². The molecule has 5 nitrogen and oxygen atoms in total. The first kappa shape index (κ1) is 16.4. The van der Waals surface area contributed by atoms with E-state index in [1.54, 1.807) is 6.26 Å². The van der Waals surface area contributed by atoms with Crippen molar-refractivity contribution in [3.05, 3.63) is 66.4 Å². The molecule has 2 saturated heterocycles. The van der Waals surface area contributed by atoms with E-state index in [0.717, 1.165) is 29.6 Å². The fraction of sp³-hybridized carbons (Fsp3) is 0.318. The van der Waals surface area contributed by atoms with Gasteiger partial charge in [-0.25, -0.2) is 4.79 Å². The number of carbonyl (C=O) groups is 1. The lowest BCUT2D eigenvalue weighted by Gasteiger charge is -2.32. The van der Waals surface area contributed by atoms with Gasteiger partial charge in [0.25, 0.3) is 0 Å². The fourth-order valence-corrected chi connectivity index (χ4v) is 4.52. The molecule has 0 saturated carbocycles. The third-order valence-corrected chi connectivity index (χ3v) is 5.87. The van der Waals surface area contributed by atoms with E-state index in [9.17, 15) is 4.79 Å². The molecule has 1 aromatic heterocycles. The number of anilines is 1. The molecule has 3 unspecified atom stereocenters. The van der Waals surface area contributed by atoms with Crippen LogP contribution in [-0.4, -0.2) is 36.7 Å². The summed E-state index contributed by atoms with van der Waals surface area (Å²) < 4.78 is 11.2. The molecule has 1 N–H and O–H groups in total. The molecule has 3 atom stereocenters. The zero-order chi connectivity index (χ0) is 18.2. The van der Waals surface area contributed by atoms with E-state index >= 15 is 0 Å². The summed E-state index contributed by atoms with van der Waals surface area (Å²) >= 11 is 0. The smallest absolute Gasteiger partial charge is 0.322 e. The summed E-state index contributed by atoms with van der Waals surface area (Å²) in [7, 11) is 0. The Hall–Kier alpha value is -2.79. The second-order valence-corrected chi connectivity index (χ2v) is 7.37. The van der Waals surface area contributed by atoms with Crippen molar-refractivity contribution in [3.8, 4) is 0 Å². The van der Waals surface area contributed by atoms with Crippen LogP contribution in [0.5, 0.6) is 0 Å². The Morgan fingerprint density at radius 1 is 1.11 bits per heavy atom. The SMILES string of the molecule is O=C(Nc1ccc2ccoc2c1)N1CC(c2ccccc2)C2COCCC21. The zero-order valence-corrected chi connectivity index (χ0v) is 15.0. The Morgan fingerprint density at radius 2 is 2.00 bits per heavy atom. The van der Waals surface area contributed by atoms with Gasteiger partial charge in [0.15, 0.2) is 0 Å². The lowest BCUT2D eigenvalue weighted by atomic mass is 9.84. The van der Waals surface area contributed by atoms with Crippen LogP contribution in [0.2, 0.25) is 0 Å². The number of urea groups is 1. The van der Waals surface area contributed by atoms with Crippen LogP contribution < -0.4 is 5.32 Å². The number of hydrogen-bond acceptors (Lipinski definition) is 3. The number of amides is 2. The number of ether oxygens (including phenoxy) is 1. The highest BCUT2D eigenvalue weighted by atomic mass is 16.5. The number of furan rings is 1. The predicted molar refractivity (Wildman–Crippen MR) is 104 cm³/mol. The highest BCUT2D eigenvalue weighted by molar-refractivity contribution is 5.92. The van der Waals surface area contributed by atoms with Crippen LogP contribution in [0.1, 0.15) is 17.9 Å². The maximum atomic E-state index is 13.1. The van der Waals surface area contributed by atoms with Crippen molar-refractivity contribution in [3.63, 3.8) is 0 Å². The average Bonchev–Trinajstić information content (AvgIpc) is 3.33.